The third kappa shape index (κ3) is 4.40. The van der Waals surface area contributed by atoms with Crippen molar-refractivity contribution < 1.29 is 13.2 Å². The first-order valence-electron chi connectivity index (χ1n) is 11.0. The number of carbonyl (C=O) groups is 1. The third-order valence-corrected chi connectivity index (χ3v) is 8.09. The number of fused-ring (bicyclic) bond motifs is 1. The van der Waals surface area contributed by atoms with E-state index in [0.717, 1.165) is 23.2 Å². The van der Waals surface area contributed by atoms with Crippen molar-refractivity contribution in [3.63, 3.8) is 0 Å². The number of hydrogen-bond donors (Lipinski definition) is 1. The van der Waals surface area contributed by atoms with Gasteiger partial charge in [-0.15, -0.1) is 5.10 Å². The minimum atomic E-state index is -3.66. The van der Waals surface area contributed by atoms with E-state index in [2.05, 4.69) is 29.5 Å². The second-order valence-electron chi connectivity index (χ2n) is 8.48. The molecule has 32 heavy (non-hydrogen) atoms. The molecule has 1 aromatic heterocycles. The van der Waals surface area contributed by atoms with E-state index < -0.39 is 10.0 Å². The number of rotatable bonds is 6. The summed E-state index contributed by atoms with van der Waals surface area (Å²) in [4.78, 5) is 12.8. The normalized spacial score (nSPS) is 16.8. The van der Waals surface area contributed by atoms with E-state index in [1.54, 1.807) is 18.2 Å². The second kappa shape index (κ2) is 8.99. The van der Waals surface area contributed by atoms with E-state index in [9.17, 15) is 13.2 Å². The van der Waals surface area contributed by atoms with Crippen LogP contribution >= 0.6 is 0 Å². The lowest BCUT2D eigenvalue weighted by molar-refractivity contribution is -0.120. The molecular weight excluding hydrogens is 426 g/mol. The minimum Gasteiger partial charge on any atom is -0.326 e. The van der Waals surface area contributed by atoms with Gasteiger partial charge >= 0.3 is 0 Å². The van der Waals surface area contributed by atoms with Gasteiger partial charge in [0, 0.05) is 24.7 Å². The van der Waals surface area contributed by atoms with Gasteiger partial charge in [0.05, 0.1) is 16.5 Å². The van der Waals surface area contributed by atoms with Crippen LogP contribution in [0.2, 0.25) is 0 Å². The predicted molar refractivity (Wildman–Crippen MR) is 124 cm³/mol. The van der Waals surface area contributed by atoms with Gasteiger partial charge in [-0.3, -0.25) is 4.79 Å². The summed E-state index contributed by atoms with van der Waals surface area (Å²) in [5.74, 6) is -0.268. The molecule has 1 atom stereocenters. The number of sulfonamides is 1. The summed E-state index contributed by atoms with van der Waals surface area (Å²) in [6, 6.07) is 12.8. The third-order valence-electron chi connectivity index (χ3n) is 6.20. The topological polar surface area (TPSA) is 97.2 Å². The Morgan fingerprint density at radius 3 is 2.62 bits per heavy atom. The molecule has 3 aromatic rings. The van der Waals surface area contributed by atoms with Crippen molar-refractivity contribution in [2.45, 2.75) is 51.0 Å². The predicted octanol–water partition coefficient (Wildman–Crippen LogP) is 3.75. The molecule has 1 amide bonds. The van der Waals surface area contributed by atoms with Crippen molar-refractivity contribution in [1.82, 2.24) is 19.3 Å². The number of piperidine rings is 1. The number of anilines is 1. The molecule has 0 aliphatic carbocycles. The number of aryl methyl sites for hydroxylation is 1. The highest BCUT2D eigenvalue weighted by Gasteiger charge is 2.32. The van der Waals surface area contributed by atoms with Crippen LogP contribution in [-0.2, 0) is 14.8 Å². The number of amides is 1. The van der Waals surface area contributed by atoms with E-state index in [1.807, 2.05) is 35.9 Å². The molecular formula is C23H29N5O3S. The molecule has 9 heteroatoms. The Balaban J connectivity index is 1.44. The maximum atomic E-state index is 13.2. The zero-order valence-electron chi connectivity index (χ0n) is 18.7. The second-order valence-corrected chi connectivity index (χ2v) is 10.4. The fourth-order valence-corrected chi connectivity index (χ4v) is 5.55. The van der Waals surface area contributed by atoms with E-state index in [-0.39, 0.29) is 22.8 Å². The van der Waals surface area contributed by atoms with Crippen molar-refractivity contribution >= 4 is 32.7 Å². The molecule has 1 aliphatic rings. The molecule has 1 saturated heterocycles. The van der Waals surface area contributed by atoms with Gasteiger partial charge in [0.2, 0.25) is 15.9 Å². The van der Waals surface area contributed by atoms with Crippen LogP contribution in [0.15, 0.2) is 47.4 Å². The Kier molecular flexibility index (Phi) is 6.30. The van der Waals surface area contributed by atoms with Gasteiger partial charge in [0.25, 0.3) is 0 Å². The van der Waals surface area contributed by atoms with Crippen LogP contribution in [0.4, 0.5) is 5.69 Å². The smallest absolute Gasteiger partial charge is 0.243 e. The van der Waals surface area contributed by atoms with Crippen LogP contribution in [0.1, 0.15) is 44.7 Å². The number of hydrogen-bond acceptors (Lipinski definition) is 5. The highest BCUT2D eigenvalue weighted by atomic mass is 32.2. The molecule has 170 valence electrons. The summed E-state index contributed by atoms with van der Waals surface area (Å²) in [5.41, 5.74) is 3.23. The van der Waals surface area contributed by atoms with Crippen molar-refractivity contribution in [3.8, 4) is 0 Å². The van der Waals surface area contributed by atoms with Crippen LogP contribution in [-0.4, -0.2) is 46.7 Å². The highest BCUT2D eigenvalue weighted by Crippen LogP contribution is 2.27. The van der Waals surface area contributed by atoms with Gasteiger partial charge in [-0.05, 0) is 69.0 Å². The maximum absolute atomic E-state index is 13.2. The Bertz CT molecular complexity index is 1230. The Morgan fingerprint density at radius 2 is 1.94 bits per heavy atom. The number of aromatic nitrogens is 3. The van der Waals surface area contributed by atoms with Gasteiger partial charge in [-0.25, -0.2) is 13.1 Å². The standard InChI is InChI=1S/C23H29N5O3S/c1-4-17(3)28-22-9-8-20(15-21(22)25-26-28)32(30,31)27-12-10-18(11-13-27)23(29)24-19-7-5-6-16(2)14-19/h5-9,14-15,17-18H,4,10-13H2,1-3H3,(H,24,29). The zero-order chi connectivity index (χ0) is 22.9. The quantitative estimate of drug-likeness (QED) is 0.611. The van der Waals surface area contributed by atoms with Crippen LogP contribution in [0.25, 0.3) is 11.0 Å². The fraction of sp³-hybridized carbons (Fsp3) is 0.435. The largest absolute Gasteiger partial charge is 0.326 e. The molecule has 2 heterocycles. The molecule has 1 fully saturated rings. The Hall–Kier alpha value is -2.78. The van der Waals surface area contributed by atoms with Crippen molar-refractivity contribution in [3.05, 3.63) is 48.0 Å². The number of nitrogens with zero attached hydrogens (tertiary/aromatic N) is 4. The first kappa shape index (κ1) is 22.4. The highest BCUT2D eigenvalue weighted by molar-refractivity contribution is 7.89. The van der Waals surface area contributed by atoms with Crippen molar-refractivity contribution in [1.29, 1.82) is 0 Å². The monoisotopic (exact) mass is 455 g/mol. The molecule has 1 N–H and O–H groups in total. The van der Waals surface area contributed by atoms with Crippen LogP contribution in [0.5, 0.6) is 0 Å². The molecule has 1 unspecified atom stereocenters. The summed E-state index contributed by atoms with van der Waals surface area (Å²) in [6.45, 7) is 6.72. The molecule has 0 spiro atoms. The Labute approximate surface area is 188 Å². The molecule has 1 aliphatic heterocycles. The van der Waals surface area contributed by atoms with E-state index in [1.165, 1.54) is 4.31 Å². The van der Waals surface area contributed by atoms with Gasteiger partial charge < -0.3 is 5.32 Å². The lowest BCUT2D eigenvalue weighted by atomic mass is 9.97. The lowest BCUT2D eigenvalue weighted by Crippen LogP contribution is -2.41. The Morgan fingerprint density at radius 1 is 1.19 bits per heavy atom. The average molecular weight is 456 g/mol. The first-order valence-corrected chi connectivity index (χ1v) is 12.5. The van der Waals surface area contributed by atoms with E-state index in [4.69, 9.17) is 0 Å². The van der Waals surface area contributed by atoms with Crippen molar-refractivity contribution in [2.75, 3.05) is 18.4 Å². The van der Waals surface area contributed by atoms with Crippen LogP contribution < -0.4 is 5.32 Å². The van der Waals surface area contributed by atoms with Crippen LogP contribution in [0.3, 0.4) is 0 Å². The molecule has 4 rings (SSSR count). The molecule has 0 bridgehead atoms. The van der Waals surface area contributed by atoms with Gasteiger partial charge in [-0.1, -0.05) is 24.3 Å². The number of benzene rings is 2. The average Bonchev–Trinajstić information content (AvgIpc) is 3.22. The summed E-state index contributed by atoms with van der Waals surface area (Å²) in [5, 5.41) is 11.3. The van der Waals surface area contributed by atoms with Crippen molar-refractivity contribution in [2.24, 2.45) is 5.92 Å². The summed E-state index contributed by atoms with van der Waals surface area (Å²) < 4.78 is 29.7. The van der Waals surface area contributed by atoms with Crippen LogP contribution in [0, 0.1) is 12.8 Å². The van der Waals surface area contributed by atoms with Gasteiger partial charge in [0.1, 0.15) is 5.52 Å². The number of carbonyl (C=O) groups excluding carboxylic acids is 1. The fourth-order valence-electron chi connectivity index (χ4n) is 4.06. The maximum Gasteiger partial charge on any atom is 0.243 e. The molecule has 8 nitrogen and oxygen atoms in total. The van der Waals surface area contributed by atoms with Gasteiger partial charge in [-0.2, -0.15) is 4.31 Å². The molecule has 0 saturated carbocycles. The summed E-state index contributed by atoms with van der Waals surface area (Å²) >= 11 is 0. The molecule has 2 aromatic carbocycles. The molecule has 0 radical (unpaired) electrons. The summed E-state index contributed by atoms with van der Waals surface area (Å²) in [6.07, 6.45) is 1.89. The summed E-state index contributed by atoms with van der Waals surface area (Å²) in [7, 11) is -3.66. The van der Waals surface area contributed by atoms with E-state index >= 15 is 0 Å². The van der Waals surface area contributed by atoms with Gasteiger partial charge in [0.15, 0.2) is 0 Å². The minimum absolute atomic E-state index is 0.0595. The lowest BCUT2D eigenvalue weighted by Gasteiger charge is -2.30. The van der Waals surface area contributed by atoms with E-state index in [0.29, 0.717) is 31.4 Å². The zero-order valence-corrected chi connectivity index (χ0v) is 19.5. The SMILES string of the molecule is CCC(C)n1nnc2cc(S(=O)(=O)N3CCC(C(=O)Nc4cccc(C)c4)CC3)ccc21. The number of nitrogens with one attached hydrogen (secondary N) is 1. The first-order chi connectivity index (χ1) is 15.3.